The van der Waals surface area contributed by atoms with Crippen molar-refractivity contribution in [1.82, 2.24) is 4.72 Å². The second kappa shape index (κ2) is 7.12. The Morgan fingerprint density at radius 1 is 1.12 bits per heavy atom. The molecule has 0 radical (unpaired) electrons. The summed E-state index contributed by atoms with van der Waals surface area (Å²) in [6.45, 7) is 2.37. The summed E-state index contributed by atoms with van der Waals surface area (Å²) in [7, 11) is -3.63. The Bertz CT molecular complexity index is 896. The number of nitrogens with one attached hydrogen (secondary N) is 2. The smallest absolute Gasteiger partial charge is 0.255 e. The molecule has 1 aliphatic rings. The average molecular weight is 362 g/mol. The summed E-state index contributed by atoms with van der Waals surface area (Å²) in [6.07, 6.45) is 0.684. The number of sulfonamides is 1. The normalized spacial score (nSPS) is 12.8. The molecular formula is C17H18N2O5S. The van der Waals surface area contributed by atoms with Crippen LogP contribution in [0, 0.1) is 0 Å². The zero-order valence-corrected chi connectivity index (χ0v) is 14.4. The minimum atomic E-state index is -3.63. The molecular weight excluding hydrogens is 344 g/mol. The number of anilines is 1. The van der Waals surface area contributed by atoms with E-state index < -0.39 is 15.9 Å². The van der Waals surface area contributed by atoms with Crippen molar-refractivity contribution in [1.29, 1.82) is 0 Å². The van der Waals surface area contributed by atoms with Crippen molar-refractivity contribution < 1.29 is 22.7 Å². The molecule has 0 saturated heterocycles. The Morgan fingerprint density at radius 2 is 1.92 bits per heavy atom. The lowest BCUT2D eigenvalue weighted by atomic mass is 10.2. The second-order valence-electron chi connectivity index (χ2n) is 5.45. The molecule has 0 saturated carbocycles. The van der Waals surface area contributed by atoms with E-state index in [1.807, 2.05) is 6.92 Å². The summed E-state index contributed by atoms with van der Waals surface area (Å²) >= 11 is 0. The number of carbonyl (C=O) groups is 1. The van der Waals surface area contributed by atoms with Gasteiger partial charge in [0.25, 0.3) is 5.91 Å². The zero-order valence-electron chi connectivity index (χ0n) is 13.6. The van der Waals surface area contributed by atoms with Crippen molar-refractivity contribution in [2.24, 2.45) is 0 Å². The number of ether oxygens (including phenoxy) is 2. The van der Waals surface area contributed by atoms with E-state index in [1.165, 1.54) is 18.2 Å². The van der Waals surface area contributed by atoms with Crippen LogP contribution in [0.1, 0.15) is 23.7 Å². The molecule has 1 aliphatic heterocycles. The Kier molecular flexibility index (Phi) is 4.91. The molecule has 7 nitrogen and oxygen atoms in total. The third kappa shape index (κ3) is 3.92. The Balaban J connectivity index is 1.77. The van der Waals surface area contributed by atoms with Gasteiger partial charge < -0.3 is 14.8 Å². The topological polar surface area (TPSA) is 93.7 Å². The first kappa shape index (κ1) is 17.2. The molecule has 8 heteroatoms. The molecule has 0 aliphatic carbocycles. The minimum Gasteiger partial charge on any atom is -0.454 e. The molecule has 1 amide bonds. The van der Waals surface area contributed by atoms with Crippen LogP contribution in [-0.4, -0.2) is 27.7 Å². The van der Waals surface area contributed by atoms with Gasteiger partial charge >= 0.3 is 0 Å². The summed E-state index contributed by atoms with van der Waals surface area (Å²) in [6, 6.07) is 10.9. The fourth-order valence-corrected chi connectivity index (χ4v) is 3.48. The van der Waals surface area contributed by atoms with E-state index in [-0.39, 0.29) is 17.3 Å². The van der Waals surface area contributed by atoms with Gasteiger partial charge in [-0.15, -0.1) is 0 Å². The van der Waals surface area contributed by atoms with Gasteiger partial charge in [0, 0.05) is 23.9 Å². The third-order valence-corrected chi connectivity index (χ3v) is 5.04. The highest BCUT2D eigenvalue weighted by atomic mass is 32.2. The van der Waals surface area contributed by atoms with Crippen molar-refractivity contribution in [2.45, 2.75) is 18.2 Å². The number of hydrogen-bond donors (Lipinski definition) is 2. The molecule has 0 atom stereocenters. The number of hydrogen-bond acceptors (Lipinski definition) is 5. The number of rotatable bonds is 6. The van der Waals surface area contributed by atoms with E-state index in [2.05, 4.69) is 10.0 Å². The Morgan fingerprint density at radius 3 is 2.72 bits per heavy atom. The average Bonchev–Trinajstić information content (AvgIpc) is 3.08. The first-order valence-corrected chi connectivity index (χ1v) is 9.28. The van der Waals surface area contributed by atoms with Crippen LogP contribution in [-0.2, 0) is 10.0 Å². The van der Waals surface area contributed by atoms with Crippen LogP contribution in [0.15, 0.2) is 47.4 Å². The maximum absolute atomic E-state index is 12.4. The first-order chi connectivity index (χ1) is 12.0. The van der Waals surface area contributed by atoms with Gasteiger partial charge in [-0.2, -0.15) is 0 Å². The molecule has 3 rings (SSSR count). The first-order valence-electron chi connectivity index (χ1n) is 7.80. The molecule has 2 aromatic carbocycles. The van der Waals surface area contributed by atoms with Crippen LogP contribution in [0.25, 0.3) is 0 Å². The van der Waals surface area contributed by atoms with E-state index in [1.54, 1.807) is 24.3 Å². The molecule has 0 aromatic heterocycles. The second-order valence-corrected chi connectivity index (χ2v) is 7.21. The summed E-state index contributed by atoms with van der Waals surface area (Å²) in [4.78, 5) is 12.5. The van der Waals surface area contributed by atoms with Crippen LogP contribution in [0.2, 0.25) is 0 Å². The maximum atomic E-state index is 12.4. The monoisotopic (exact) mass is 362 g/mol. The molecule has 2 N–H and O–H groups in total. The summed E-state index contributed by atoms with van der Waals surface area (Å²) in [5.74, 6) is 0.761. The predicted octanol–water partition coefficient (Wildman–Crippen LogP) is 2.36. The molecule has 0 unspecified atom stereocenters. The number of amides is 1. The number of carbonyl (C=O) groups excluding carboxylic acids is 1. The number of fused-ring (bicyclic) bond motifs is 1. The zero-order chi connectivity index (χ0) is 17.9. The van der Waals surface area contributed by atoms with E-state index in [9.17, 15) is 13.2 Å². The quantitative estimate of drug-likeness (QED) is 0.823. The van der Waals surface area contributed by atoms with Crippen LogP contribution in [0.4, 0.5) is 5.69 Å². The lowest BCUT2D eigenvalue weighted by Crippen LogP contribution is -2.24. The molecule has 0 bridgehead atoms. The van der Waals surface area contributed by atoms with Gasteiger partial charge in [-0.25, -0.2) is 13.1 Å². The van der Waals surface area contributed by atoms with Crippen molar-refractivity contribution in [3.05, 3.63) is 48.0 Å². The number of benzene rings is 2. The van der Waals surface area contributed by atoms with Crippen molar-refractivity contribution in [2.75, 3.05) is 18.7 Å². The van der Waals surface area contributed by atoms with Gasteiger partial charge in [-0.05, 0) is 36.8 Å². The van der Waals surface area contributed by atoms with E-state index in [4.69, 9.17) is 9.47 Å². The minimum absolute atomic E-state index is 0.0549. The van der Waals surface area contributed by atoms with Crippen molar-refractivity contribution in [3.63, 3.8) is 0 Å². The molecule has 132 valence electrons. The molecule has 1 heterocycles. The molecule has 0 spiro atoms. The molecule has 2 aromatic rings. The van der Waals surface area contributed by atoms with Crippen molar-refractivity contribution in [3.8, 4) is 11.5 Å². The fourth-order valence-electron chi connectivity index (χ4n) is 2.30. The Hall–Kier alpha value is -2.58. The summed E-state index contributed by atoms with van der Waals surface area (Å²) in [5, 5.41) is 2.72. The van der Waals surface area contributed by atoms with Crippen LogP contribution < -0.4 is 19.5 Å². The van der Waals surface area contributed by atoms with Gasteiger partial charge in [0.15, 0.2) is 11.5 Å². The van der Waals surface area contributed by atoms with Crippen LogP contribution in [0.5, 0.6) is 11.5 Å². The predicted molar refractivity (Wildman–Crippen MR) is 92.4 cm³/mol. The van der Waals surface area contributed by atoms with E-state index in [0.29, 0.717) is 30.2 Å². The van der Waals surface area contributed by atoms with Crippen LogP contribution in [0.3, 0.4) is 0 Å². The fraction of sp³-hybridized carbons (Fsp3) is 0.235. The van der Waals surface area contributed by atoms with E-state index in [0.717, 1.165) is 0 Å². The largest absolute Gasteiger partial charge is 0.454 e. The van der Waals surface area contributed by atoms with Gasteiger partial charge in [-0.3, -0.25) is 4.79 Å². The highest BCUT2D eigenvalue weighted by Gasteiger charge is 2.17. The van der Waals surface area contributed by atoms with Crippen molar-refractivity contribution >= 4 is 21.6 Å². The SMILES string of the molecule is CCCNS(=O)(=O)c1cccc(C(=O)Nc2ccc3c(c2)OCO3)c1. The highest BCUT2D eigenvalue weighted by Crippen LogP contribution is 2.34. The lowest BCUT2D eigenvalue weighted by Gasteiger charge is -2.09. The standard InChI is InChI=1S/C17H18N2O5S/c1-2-8-18-25(21,22)14-5-3-4-12(9-14)17(20)19-13-6-7-15-16(10-13)24-11-23-15/h3-7,9-10,18H,2,8,11H2,1H3,(H,19,20). The molecule has 25 heavy (non-hydrogen) atoms. The lowest BCUT2D eigenvalue weighted by molar-refractivity contribution is 0.102. The summed E-state index contributed by atoms with van der Waals surface area (Å²) < 4.78 is 37.3. The van der Waals surface area contributed by atoms with E-state index >= 15 is 0 Å². The third-order valence-electron chi connectivity index (χ3n) is 3.58. The van der Waals surface area contributed by atoms with Gasteiger partial charge in [-0.1, -0.05) is 13.0 Å². The van der Waals surface area contributed by atoms with Gasteiger partial charge in [0.2, 0.25) is 16.8 Å². The Labute approximate surface area is 146 Å². The van der Waals surface area contributed by atoms with Gasteiger partial charge in [0.1, 0.15) is 0 Å². The highest BCUT2D eigenvalue weighted by molar-refractivity contribution is 7.89. The maximum Gasteiger partial charge on any atom is 0.255 e. The summed E-state index contributed by atoms with van der Waals surface area (Å²) in [5.41, 5.74) is 0.781. The molecule has 0 fully saturated rings. The van der Waals surface area contributed by atoms with Crippen LogP contribution >= 0.6 is 0 Å². The van der Waals surface area contributed by atoms with Gasteiger partial charge in [0.05, 0.1) is 4.90 Å².